The van der Waals surface area contributed by atoms with Crippen LogP contribution in [0.15, 0.2) is 35.0 Å². The van der Waals surface area contributed by atoms with Gasteiger partial charge in [0, 0.05) is 20.9 Å². The fourth-order valence-electron chi connectivity index (χ4n) is 4.78. The predicted molar refractivity (Wildman–Crippen MR) is 158 cm³/mol. The van der Waals surface area contributed by atoms with E-state index in [-0.39, 0.29) is 0 Å². The molecule has 3 heterocycles. The standard InChI is InChI=1S/C30H40N2S3/c1-3-5-7-9-11-13-15-23-19-27(33-21-23)25-17-18-26(30-29(25)31-35-32-30)28-20-24(22-34-28)16-14-12-10-8-6-4-2/h17-22H,3-16H2,1-2H3. The van der Waals surface area contributed by atoms with E-state index in [0.717, 1.165) is 11.0 Å². The summed E-state index contributed by atoms with van der Waals surface area (Å²) in [7, 11) is 0. The molecule has 3 aromatic heterocycles. The zero-order valence-electron chi connectivity index (χ0n) is 21.5. The van der Waals surface area contributed by atoms with Crippen molar-refractivity contribution in [3.05, 3.63) is 46.2 Å². The van der Waals surface area contributed by atoms with Crippen molar-refractivity contribution < 1.29 is 0 Å². The summed E-state index contributed by atoms with van der Waals surface area (Å²) in [6.45, 7) is 4.56. The summed E-state index contributed by atoms with van der Waals surface area (Å²) in [5, 5.41) is 4.68. The first-order valence-corrected chi connectivity index (χ1v) is 16.2. The molecule has 0 aliphatic rings. The molecule has 0 fully saturated rings. The van der Waals surface area contributed by atoms with Crippen molar-refractivity contribution >= 4 is 45.4 Å². The first kappa shape index (κ1) is 26.5. The van der Waals surface area contributed by atoms with Gasteiger partial charge in [-0.2, -0.15) is 8.75 Å². The Morgan fingerprint density at radius 3 is 1.46 bits per heavy atom. The maximum atomic E-state index is 4.73. The number of nitrogens with zero attached hydrogens (tertiary/aromatic N) is 2. The molecular formula is C30H40N2S3. The second kappa shape index (κ2) is 14.2. The van der Waals surface area contributed by atoms with Gasteiger partial charge in [-0.25, -0.2) is 0 Å². The number of aryl methyl sites for hydroxylation is 2. The first-order valence-electron chi connectivity index (χ1n) is 13.7. The monoisotopic (exact) mass is 524 g/mol. The quantitative estimate of drug-likeness (QED) is 0.136. The van der Waals surface area contributed by atoms with Crippen molar-refractivity contribution in [3.8, 4) is 20.9 Å². The van der Waals surface area contributed by atoms with Gasteiger partial charge in [0.15, 0.2) is 0 Å². The van der Waals surface area contributed by atoms with Gasteiger partial charge in [0.25, 0.3) is 0 Å². The second-order valence-corrected chi connectivity index (χ2v) is 12.1. The van der Waals surface area contributed by atoms with E-state index in [1.54, 1.807) is 0 Å². The maximum absolute atomic E-state index is 4.73. The predicted octanol–water partition coefficient (Wildman–Crippen LogP) is 11.0. The second-order valence-electron chi connectivity index (χ2n) is 9.80. The van der Waals surface area contributed by atoms with Crippen LogP contribution in [0.3, 0.4) is 0 Å². The number of benzene rings is 1. The van der Waals surface area contributed by atoms with E-state index in [9.17, 15) is 0 Å². The highest BCUT2D eigenvalue weighted by Crippen LogP contribution is 2.39. The van der Waals surface area contributed by atoms with E-state index in [1.165, 1.54) is 134 Å². The fourth-order valence-corrected chi connectivity index (χ4v) is 7.30. The lowest BCUT2D eigenvalue weighted by molar-refractivity contribution is 0.608. The topological polar surface area (TPSA) is 25.8 Å². The third kappa shape index (κ3) is 7.47. The largest absolute Gasteiger partial charge is 0.172 e. The summed E-state index contributed by atoms with van der Waals surface area (Å²) in [5.41, 5.74) is 7.54. The summed E-state index contributed by atoms with van der Waals surface area (Å²) in [6.07, 6.45) is 18.6. The minimum atomic E-state index is 1.06. The van der Waals surface area contributed by atoms with Gasteiger partial charge in [-0.3, -0.25) is 0 Å². The molecule has 0 spiro atoms. The average Bonchev–Trinajstić information content (AvgIpc) is 3.64. The van der Waals surface area contributed by atoms with Gasteiger partial charge in [0.05, 0.1) is 11.7 Å². The number of aromatic nitrogens is 2. The highest BCUT2D eigenvalue weighted by atomic mass is 32.1. The van der Waals surface area contributed by atoms with Gasteiger partial charge >= 0.3 is 0 Å². The van der Waals surface area contributed by atoms with Gasteiger partial charge in [-0.05, 0) is 59.7 Å². The molecule has 1 aromatic carbocycles. The van der Waals surface area contributed by atoms with Gasteiger partial charge in [-0.1, -0.05) is 90.2 Å². The van der Waals surface area contributed by atoms with Crippen molar-refractivity contribution in [2.75, 3.05) is 0 Å². The minimum Gasteiger partial charge on any atom is -0.172 e. The lowest BCUT2D eigenvalue weighted by atomic mass is 10.0. The van der Waals surface area contributed by atoms with Crippen LogP contribution in [0.2, 0.25) is 0 Å². The van der Waals surface area contributed by atoms with E-state index in [4.69, 9.17) is 8.75 Å². The molecule has 0 amide bonds. The molecule has 0 saturated heterocycles. The highest BCUT2D eigenvalue weighted by molar-refractivity contribution is 7.14. The summed E-state index contributed by atoms with van der Waals surface area (Å²) in [4.78, 5) is 2.65. The van der Waals surface area contributed by atoms with Crippen molar-refractivity contribution in [2.24, 2.45) is 0 Å². The van der Waals surface area contributed by atoms with Crippen LogP contribution in [0.5, 0.6) is 0 Å². The Morgan fingerprint density at radius 1 is 0.571 bits per heavy atom. The van der Waals surface area contributed by atoms with Crippen LogP contribution in [-0.2, 0) is 12.8 Å². The van der Waals surface area contributed by atoms with Crippen LogP contribution in [0.4, 0.5) is 0 Å². The third-order valence-electron chi connectivity index (χ3n) is 6.89. The highest BCUT2D eigenvalue weighted by Gasteiger charge is 2.16. The van der Waals surface area contributed by atoms with E-state index in [0.29, 0.717) is 0 Å². The molecule has 0 unspecified atom stereocenters. The Labute approximate surface area is 224 Å². The maximum Gasteiger partial charge on any atom is 0.114 e. The Hall–Kier alpha value is -1.56. The van der Waals surface area contributed by atoms with Crippen LogP contribution >= 0.6 is 34.4 Å². The Kier molecular flexibility index (Phi) is 10.8. The molecule has 0 N–H and O–H groups in total. The molecule has 0 aliphatic carbocycles. The molecule has 0 bridgehead atoms. The number of rotatable bonds is 16. The fraction of sp³-hybridized carbons (Fsp3) is 0.533. The summed E-state index contributed by atoms with van der Waals surface area (Å²) < 4.78 is 9.46. The molecule has 0 aliphatic heterocycles. The van der Waals surface area contributed by atoms with Crippen LogP contribution in [0.1, 0.15) is 102 Å². The van der Waals surface area contributed by atoms with E-state index >= 15 is 0 Å². The number of unbranched alkanes of at least 4 members (excludes halogenated alkanes) is 10. The number of hydrogen-bond acceptors (Lipinski definition) is 5. The number of hydrogen-bond donors (Lipinski definition) is 0. The lowest BCUT2D eigenvalue weighted by Crippen LogP contribution is -1.85. The van der Waals surface area contributed by atoms with Crippen molar-refractivity contribution in [1.82, 2.24) is 8.75 Å². The summed E-state index contributed by atoms with van der Waals surface area (Å²) in [6, 6.07) is 9.31. The zero-order chi connectivity index (χ0) is 24.3. The van der Waals surface area contributed by atoms with Crippen LogP contribution in [0, 0.1) is 0 Å². The normalized spacial score (nSPS) is 11.6. The van der Waals surface area contributed by atoms with Gasteiger partial charge in [-0.15, -0.1) is 22.7 Å². The first-order chi connectivity index (χ1) is 17.3. The van der Waals surface area contributed by atoms with Crippen LogP contribution in [0.25, 0.3) is 31.9 Å². The lowest BCUT2D eigenvalue weighted by Gasteiger charge is -2.04. The van der Waals surface area contributed by atoms with Gasteiger partial charge < -0.3 is 0 Å². The Bertz CT molecular complexity index is 1070. The molecule has 35 heavy (non-hydrogen) atoms. The van der Waals surface area contributed by atoms with Gasteiger partial charge in [0.1, 0.15) is 11.0 Å². The molecule has 5 heteroatoms. The molecule has 0 atom stereocenters. The van der Waals surface area contributed by atoms with Gasteiger partial charge in [0.2, 0.25) is 0 Å². The Balaban J connectivity index is 1.39. The summed E-state index contributed by atoms with van der Waals surface area (Å²) >= 11 is 5.05. The molecular weight excluding hydrogens is 485 g/mol. The minimum absolute atomic E-state index is 1.06. The van der Waals surface area contributed by atoms with Crippen molar-refractivity contribution in [2.45, 2.75) is 104 Å². The van der Waals surface area contributed by atoms with E-state index < -0.39 is 0 Å². The van der Waals surface area contributed by atoms with E-state index in [2.05, 4.69) is 48.9 Å². The van der Waals surface area contributed by atoms with E-state index in [1.807, 2.05) is 22.7 Å². The molecule has 4 aromatic rings. The van der Waals surface area contributed by atoms with Crippen LogP contribution in [-0.4, -0.2) is 8.75 Å². The smallest absolute Gasteiger partial charge is 0.114 e. The van der Waals surface area contributed by atoms with Crippen molar-refractivity contribution in [1.29, 1.82) is 0 Å². The molecule has 2 nitrogen and oxygen atoms in total. The molecule has 0 radical (unpaired) electrons. The summed E-state index contributed by atoms with van der Waals surface area (Å²) in [5.74, 6) is 0. The van der Waals surface area contributed by atoms with Crippen molar-refractivity contribution in [3.63, 3.8) is 0 Å². The molecule has 188 valence electrons. The Morgan fingerprint density at radius 2 is 1.00 bits per heavy atom. The zero-order valence-corrected chi connectivity index (χ0v) is 23.9. The molecule has 0 saturated carbocycles. The average molecular weight is 525 g/mol. The molecule has 4 rings (SSSR count). The number of fused-ring (bicyclic) bond motifs is 1. The van der Waals surface area contributed by atoms with Crippen LogP contribution < -0.4 is 0 Å². The number of thiophene rings is 2. The SMILES string of the molecule is CCCCCCCCc1csc(-c2ccc(-c3cc(CCCCCCCC)cs3)c3nsnc23)c1. The third-order valence-corrected chi connectivity index (χ3v) is 9.44.